The van der Waals surface area contributed by atoms with Crippen molar-refractivity contribution in [2.75, 3.05) is 13.2 Å². The van der Waals surface area contributed by atoms with Gasteiger partial charge >= 0.3 is 29.6 Å². The van der Waals surface area contributed by atoms with E-state index >= 15 is 0 Å². The summed E-state index contributed by atoms with van der Waals surface area (Å²) in [4.78, 5) is 8.89. The predicted octanol–water partition coefficient (Wildman–Crippen LogP) is 7.96. The molecule has 0 spiro atoms. The van der Waals surface area contributed by atoms with E-state index in [1.165, 1.54) is 167 Å². The van der Waals surface area contributed by atoms with Gasteiger partial charge in [0, 0.05) is 31.7 Å². The first-order valence-electron chi connectivity index (χ1n) is 19.1. The third kappa shape index (κ3) is 24.5. The van der Waals surface area contributed by atoms with Gasteiger partial charge in [0.2, 0.25) is 0 Å². The minimum atomic E-state index is -1.08. The summed E-state index contributed by atoms with van der Waals surface area (Å²) >= 11 is 0. The Kier molecular flexibility index (Phi) is 30.9. The van der Waals surface area contributed by atoms with Crippen LogP contribution in [0.5, 0.6) is 0 Å². The molecule has 2 aliphatic heterocycles. The van der Waals surface area contributed by atoms with E-state index in [2.05, 4.69) is 13.8 Å². The zero-order valence-electron chi connectivity index (χ0n) is 30.2. The Morgan fingerprint density at radius 2 is 0.727 bits per heavy atom. The third-order valence-electron chi connectivity index (χ3n) is 9.39. The van der Waals surface area contributed by atoms with Gasteiger partial charge in [-0.1, -0.05) is 168 Å². The molecule has 256 valence electrons. The summed E-state index contributed by atoms with van der Waals surface area (Å²) in [6.45, 7) is 7.28. The number of aliphatic carboxylic acids is 1. The van der Waals surface area contributed by atoms with Gasteiger partial charge in [-0.2, -0.15) is 0 Å². The summed E-state index contributed by atoms with van der Waals surface area (Å²) in [5.41, 5.74) is 0. The van der Waals surface area contributed by atoms with Crippen LogP contribution >= 0.6 is 0 Å². The van der Waals surface area contributed by atoms with Gasteiger partial charge in [-0.15, -0.1) is 0 Å². The summed E-state index contributed by atoms with van der Waals surface area (Å²) in [6.07, 6.45) is 40.6. The maximum absolute atomic E-state index is 8.89. The third-order valence-corrected chi connectivity index (χ3v) is 9.39. The fourth-order valence-corrected chi connectivity index (χ4v) is 6.48. The van der Waals surface area contributed by atoms with Gasteiger partial charge in [0.15, 0.2) is 11.6 Å². The number of carbonyl (C=O) groups is 1. The number of carboxylic acid groups (broad SMARTS) is 1. The van der Waals surface area contributed by atoms with Crippen molar-refractivity contribution in [3.63, 3.8) is 0 Å². The molecule has 0 aromatic heterocycles. The zero-order chi connectivity index (χ0) is 31.3. The average Bonchev–Trinajstić information content (AvgIpc) is 2.94. The van der Waals surface area contributed by atoms with Crippen molar-refractivity contribution in [3.8, 4) is 0 Å². The SMILES string of the molecule is CC(=O)[O-].CCCCCCCCCCCCCCCC1(OC2(CCCCCCCCCCCCCCC)CCO2)CCO1.[Na+]. The number of unbranched alkanes of at least 4 members (excludes halogenated alkanes) is 24. The number of hydrogen-bond acceptors (Lipinski definition) is 5. The molecule has 2 aliphatic rings. The molecule has 0 radical (unpaired) electrons. The minimum absolute atomic E-state index is 0. The molecule has 2 heterocycles. The van der Waals surface area contributed by atoms with E-state index in [-0.39, 0.29) is 41.1 Å². The monoisotopic (exact) mass is 633 g/mol. The van der Waals surface area contributed by atoms with Crippen LogP contribution in [0.25, 0.3) is 0 Å². The second kappa shape index (κ2) is 30.7. The maximum atomic E-state index is 8.89. The minimum Gasteiger partial charge on any atom is -0.550 e. The Bertz CT molecular complexity index is 570. The largest absolute Gasteiger partial charge is 1.00 e. The fourth-order valence-electron chi connectivity index (χ4n) is 6.48. The van der Waals surface area contributed by atoms with E-state index in [4.69, 9.17) is 24.1 Å². The molecule has 0 N–H and O–H groups in total. The first-order chi connectivity index (χ1) is 21.0. The van der Waals surface area contributed by atoms with Crippen LogP contribution in [-0.4, -0.2) is 30.8 Å². The van der Waals surface area contributed by atoms with Gasteiger partial charge in [-0.05, 0) is 19.8 Å². The van der Waals surface area contributed by atoms with Crippen LogP contribution in [0, 0.1) is 0 Å². The molecule has 2 saturated heterocycles. The summed E-state index contributed by atoms with van der Waals surface area (Å²) in [5, 5.41) is 8.89. The molecule has 0 aromatic carbocycles. The van der Waals surface area contributed by atoms with Crippen molar-refractivity contribution in [3.05, 3.63) is 0 Å². The molecule has 6 heteroatoms. The van der Waals surface area contributed by atoms with E-state index in [1.54, 1.807) is 0 Å². The fraction of sp³-hybridized carbons (Fsp3) is 0.974. The Morgan fingerprint density at radius 3 is 0.909 bits per heavy atom. The normalized spacial score (nSPS) is 20.6. The van der Waals surface area contributed by atoms with Crippen molar-refractivity contribution in [1.82, 2.24) is 0 Å². The van der Waals surface area contributed by atoms with E-state index < -0.39 is 5.97 Å². The summed E-state index contributed by atoms with van der Waals surface area (Å²) in [6, 6.07) is 0. The average molecular weight is 633 g/mol. The number of hydrogen-bond donors (Lipinski definition) is 0. The Morgan fingerprint density at radius 1 is 0.523 bits per heavy atom. The molecule has 0 aliphatic carbocycles. The zero-order valence-corrected chi connectivity index (χ0v) is 32.2. The molecule has 0 saturated carbocycles. The van der Waals surface area contributed by atoms with E-state index in [9.17, 15) is 0 Å². The molecule has 2 unspecified atom stereocenters. The molecular weight excluding hydrogens is 559 g/mol. The van der Waals surface area contributed by atoms with E-state index in [0.717, 1.165) is 45.8 Å². The smallest absolute Gasteiger partial charge is 0.550 e. The number of ether oxygens (including phenoxy) is 3. The Balaban J connectivity index is 0.00000347. The van der Waals surface area contributed by atoms with Crippen LogP contribution in [0.3, 0.4) is 0 Å². The van der Waals surface area contributed by atoms with E-state index in [1.807, 2.05) is 0 Å². The number of carboxylic acids is 1. The van der Waals surface area contributed by atoms with Gasteiger partial charge in [-0.3, -0.25) is 0 Å². The van der Waals surface area contributed by atoms with E-state index in [0.29, 0.717) is 0 Å². The molecule has 0 amide bonds. The van der Waals surface area contributed by atoms with Crippen LogP contribution in [0.15, 0.2) is 0 Å². The molecule has 44 heavy (non-hydrogen) atoms. The van der Waals surface area contributed by atoms with Gasteiger partial charge in [0.1, 0.15) is 0 Å². The van der Waals surface area contributed by atoms with Crippen molar-refractivity contribution in [2.24, 2.45) is 0 Å². The van der Waals surface area contributed by atoms with Crippen LogP contribution in [0.2, 0.25) is 0 Å². The number of carbonyl (C=O) groups excluding carboxylic acids is 1. The molecule has 2 rings (SSSR count). The first-order valence-corrected chi connectivity index (χ1v) is 19.1. The summed E-state index contributed by atoms with van der Waals surface area (Å²) in [5.74, 6) is -1.76. The van der Waals surface area contributed by atoms with Gasteiger partial charge < -0.3 is 24.1 Å². The number of rotatable bonds is 30. The van der Waals surface area contributed by atoms with Gasteiger partial charge in [0.05, 0.1) is 13.2 Å². The van der Waals surface area contributed by atoms with Crippen LogP contribution in [0.1, 0.15) is 213 Å². The first kappa shape index (κ1) is 44.4. The van der Waals surface area contributed by atoms with Crippen molar-refractivity contribution in [1.29, 1.82) is 0 Å². The topological polar surface area (TPSA) is 67.8 Å². The summed E-state index contributed by atoms with van der Waals surface area (Å²) in [7, 11) is 0. The second-order valence-corrected chi connectivity index (χ2v) is 13.6. The van der Waals surface area contributed by atoms with Gasteiger partial charge in [0.25, 0.3) is 0 Å². The molecule has 0 aromatic rings. The van der Waals surface area contributed by atoms with Crippen molar-refractivity contribution < 1.29 is 53.7 Å². The molecule has 5 nitrogen and oxygen atoms in total. The Labute approximate surface area is 296 Å². The molecule has 2 atom stereocenters. The Hall–Kier alpha value is 0.350. The molecular formula is C38H73NaO5. The standard InChI is InChI=1S/C36H70O3.C2H4O2.Na/c1-3-5-7-9-11-13-15-17-19-21-23-25-27-29-35(31-33-37-35)39-36(32-34-38-36)30-28-26-24-22-20-18-16-14-12-10-8-6-4-2;1-2(3)4;/h3-34H2,1-2H3;1H3,(H,3,4);/q;;+1/p-1. The molecule has 2 fully saturated rings. The van der Waals surface area contributed by atoms with Crippen LogP contribution in [-0.2, 0) is 19.0 Å². The van der Waals surface area contributed by atoms with Crippen molar-refractivity contribution >= 4 is 5.97 Å². The predicted molar refractivity (Wildman–Crippen MR) is 179 cm³/mol. The van der Waals surface area contributed by atoms with Crippen LogP contribution in [0.4, 0.5) is 0 Å². The quantitative estimate of drug-likeness (QED) is 0.0594. The van der Waals surface area contributed by atoms with Gasteiger partial charge in [-0.25, -0.2) is 0 Å². The summed E-state index contributed by atoms with van der Waals surface area (Å²) < 4.78 is 18.8. The second-order valence-electron chi connectivity index (χ2n) is 13.6. The molecule has 0 bridgehead atoms. The van der Waals surface area contributed by atoms with Crippen LogP contribution < -0.4 is 34.7 Å². The van der Waals surface area contributed by atoms with Crippen molar-refractivity contribution in [2.45, 2.75) is 225 Å². The maximum Gasteiger partial charge on any atom is 1.00 e.